The number of benzene rings is 15. The topological polar surface area (TPSA) is 128 Å². The van der Waals surface area contributed by atoms with E-state index in [0.29, 0.717) is 46.7 Å². The van der Waals surface area contributed by atoms with Crippen LogP contribution < -0.4 is 28.9 Å². The number of ether oxygens (including phenoxy) is 3. The van der Waals surface area contributed by atoms with Crippen LogP contribution in [0.5, 0.6) is 34.9 Å². The molecule has 18 heteroatoms. The van der Waals surface area contributed by atoms with Crippen molar-refractivity contribution in [1.82, 2.24) is 43.1 Å². The number of anilines is 9. The molecule has 15 nitrogen and oxygen atoms in total. The van der Waals surface area contributed by atoms with Gasteiger partial charge < -0.3 is 42.1 Å². The van der Waals surface area contributed by atoms with Crippen molar-refractivity contribution in [2.24, 2.45) is 11.8 Å². The Morgan fingerprint density at radius 2 is 0.582 bits per heavy atom. The van der Waals surface area contributed by atoms with Gasteiger partial charge in [-0.05, 0) is 165 Å². The molecule has 0 saturated carbocycles. The van der Waals surface area contributed by atoms with Gasteiger partial charge in [0.05, 0.1) is 34.0 Å². The average molecular weight is 2370 g/mol. The van der Waals surface area contributed by atoms with Crippen LogP contribution in [0, 0.1) is 55.2 Å². The molecule has 0 unspecified atom stereocenters. The van der Waals surface area contributed by atoms with Gasteiger partial charge in [-0.15, -0.1) is 109 Å². The van der Waals surface area contributed by atoms with Crippen molar-refractivity contribution in [2.45, 2.75) is 47.5 Å². The number of pyridine rings is 6. The molecule has 690 valence electrons. The molecule has 0 aliphatic heterocycles. The van der Waals surface area contributed by atoms with E-state index in [4.69, 9.17) is 29.2 Å². The molecule has 9 heterocycles. The van der Waals surface area contributed by atoms with Crippen molar-refractivity contribution in [3.05, 3.63) is 472 Å². The van der Waals surface area contributed by atoms with E-state index < -0.39 is 0 Å². The fourth-order valence-electron chi connectivity index (χ4n) is 18.6. The molecule has 0 N–H and O–H groups in total. The van der Waals surface area contributed by atoms with Gasteiger partial charge in [0.25, 0.3) is 0 Å². The first-order valence-corrected chi connectivity index (χ1v) is 46.4. The first-order valence-electron chi connectivity index (χ1n) is 46.4. The summed E-state index contributed by atoms with van der Waals surface area (Å²) in [6.45, 7) is 11.2. The van der Waals surface area contributed by atoms with Crippen LogP contribution in [-0.4, -0.2) is 43.1 Å². The van der Waals surface area contributed by atoms with Crippen LogP contribution in [0.4, 0.5) is 51.2 Å². The first-order chi connectivity index (χ1) is 68.0. The van der Waals surface area contributed by atoms with Crippen LogP contribution in [0.15, 0.2) is 419 Å². The number of nitrogens with zero attached hydrogens (tertiary/aromatic N) is 12. The van der Waals surface area contributed by atoms with E-state index in [1.165, 1.54) is 16.7 Å². The molecular weight excluding hydrogens is 2280 g/mol. The Kier molecular flexibility index (Phi) is 28.3. The van der Waals surface area contributed by atoms with Crippen LogP contribution in [0.3, 0.4) is 0 Å². The molecule has 24 aromatic rings. The fourth-order valence-corrected chi connectivity index (χ4v) is 18.6. The van der Waals surface area contributed by atoms with Gasteiger partial charge in [-0.1, -0.05) is 277 Å². The zero-order chi connectivity index (χ0) is 92.9. The van der Waals surface area contributed by atoms with Gasteiger partial charge in [0, 0.05) is 112 Å². The maximum absolute atomic E-state index is 6.13. The fraction of sp³-hybridized carbons (Fsp3) is 0.0732. The summed E-state index contributed by atoms with van der Waals surface area (Å²) < 4.78 is 25.1. The molecule has 15 aromatic carbocycles. The molecule has 0 amide bonds. The third-order valence-corrected chi connectivity index (χ3v) is 24.5. The molecule has 0 fully saturated rings. The summed E-state index contributed by atoms with van der Waals surface area (Å²) in [5, 5.41) is 9.62. The maximum Gasteiger partial charge on any atom is 2.00 e. The first kappa shape index (κ1) is 94.2. The normalized spacial score (nSPS) is 11.2. The number of para-hydroxylation sites is 6. The van der Waals surface area contributed by atoms with Crippen molar-refractivity contribution in [3.63, 3.8) is 0 Å². The Morgan fingerprint density at radius 1 is 0.270 bits per heavy atom. The minimum absolute atomic E-state index is 0. The van der Waals surface area contributed by atoms with Crippen LogP contribution in [0.2, 0.25) is 0 Å². The summed E-state index contributed by atoms with van der Waals surface area (Å²) in [5.74, 6) is 4.36. The van der Waals surface area contributed by atoms with Gasteiger partial charge in [-0.3, -0.25) is 15.0 Å². The summed E-state index contributed by atoms with van der Waals surface area (Å²) >= 11 is 0. The molecule has 0 bridgehead atoms. The minimum atomic E-state index is 0. The van der Waals surface area contributed by atoms with Crippen molar-refractivity contribution >= 4 is 133 Å². The van der Waals surface area contributed by atoms with Crippen molar-refractivity contribution in [2.75, 3.05) is 14.7 Å². The maximum atomic E-state index is 6.13. The zero-order valence-corrected chi connectivity index (χ0v) is 84.3. The molecule has 0 saturated heterocycles. The SMILES string of the molecule is CC(C)Cc1cccc(CC(C)C)c1-c1cnc2c3[c-]c(N(c4[c-]c(Oc5ccccn5)ccc4)c4ccccc4)ccc3c3ccccc3n12.Cc1ccnc(Oc2[c-]c(N(c3[c-]c4c(cc3)c3ccccc3n3c(-c5ccccc5)cnc43)c3ccccc3)ccc2)c1.[Pt+2].[Pt+2].[Pt+2].[c-]1c(Oc2ccccn2)cccc1N(c1[c-]c2c(cc1)c1ccccc1n1c(-c3ccccc3)cnc21)c1ccccc1. The van der Waals surface area contributed by atoms with E-state index in [-0.39, 0.29) is 63.2 Å². The second kappa shape index (κ2) is 42.3. The molecule has 0 spiro atoms. The Morgan fingerprint density at radius 3 is 0.936 bits per heavy atom. The standard InChI is InChI=1S/C46H40N4O.C39H26N4O.C38H24N4O.3Pt/c1-31(2)26-33-14-12-15-34(27-32(3)4)45(33)43-30-48-46-41-29-37(23-24-39(41)40-20-8-9-21-42(40)50(43)46)49(35-16-6-5-7-17-35)36-18-13-19-38(28-36)51-44-22-10-11-25-47-44;1-27-21-22-40-38(23-27)44-32-16-10-15-30(24-32)42(29-13-6-3-7-14-29)31-19-20-33-34-17-8-9-18-36(34)43-37(28-11-4-2-5-12-28)26-41-39(43)35(33)25-31;1-3-12-27(13-4-1)36-26-40-38-34-25-30(21-22-32(34)33-18-7-8-19-35(33)42(36)38)41(28-14-5-2-6-15-28)29-16-11-17-31(24-29)43-37-20-9-10-23-39-37;;;/h5-25,30-32H,26-27H2,1-4H3;2-23,26H,1H3;1-23,26H;;;/q3*-2;3*+2. The van der Waals surface area contributed by atoms with Gasteiger partial charge >= 0.3 is 63.2 Å². The number of hydrogen-bond acceptors (Lipinski definition) is 12. The number of imidazole rings is 3. The minimum Gasteiger partial charge on any atom is -0.466 e. The molecule has 0 atom stereocenters. The van der Waals surface area contributed by atoms with E-state index in [2.05, 4.69) is 325 Å². The molecule has 0 aliphatic rings. The Labute approximate surface area is 861 Å². The summed E-state index contributed by atoms with van der Waals surface area (Å²) in [4.78, 5) is 34.6. The second-order valence-corrected chi connectivity index (χ2v) is 34.8. The number of aryl methyl sites for hydroxylation is 1. The Bertz CT molecular complexity index is 8530. The molecule has 141 heavy (non-hydrogen) atoms. The van der Waals surface area contributed by atoms with Gasteiger partial charge in [0.2, 0.25) is 17.6 Å². The number of rotatable bonds is 22. The third-order valence-electron chi connectivity index (χ3n) is 24.5. The summed E-state index contributed by atoms with van der Waals surface area (Å²) in [6.07, 6.45) is 13.2. The van der Waals surface area contributed by atoms with Gasteiger partial charge in [-0.2, -0.15) is 18.2 Å². The molecular formula is C123H90N12O3Pt3. The van der Waals surface area contributed by atoms with Crippen LogP contribution in [0.25, 0.3) is 116 Å². The van der Waals surface area contributed by atoms with Crippen molar-refractivity contribution < 1.29 is 77.4 Å². The number of aromatic nitrogens is 9. The summed E-state index contributed by atoms with van der Waals surface area (Å²) in [6, 6.07) is 152. The smallest absolute Gasteiger partial charge is 0.466 e. The Balaban J connectivity index is 0.000000134. The number of fused-ring (bicyclic) bond motifs is 18. The molecule has 9 aromatic heterocycles. The Hall–Kier alpha value is -15.8. The van der Waals surface area contributed by atoms with Gasteiger partial charge in [-0.25, -0.2) is 15.0 Å². The van der Waals surface area contributed by atoms with E-state index in [9.17, 15) is 0 Å². The summed E-state index contributed by atoms with van der Waals surface area (Å²) in [5.41, 5.74) is 24.5. The predicted molar refractivity (Wildman–Crippen MR) is 559 cm³/mol. The molecule has 24 rings (SSSR count). The molecule has 0 aliphatic carbocycles. The van der Waals surface area contributed by atoms with Crippen LogP contribution in [0.1, 0.15) is 44.4 Å². The van der Waals surface area contributed by atoms with Crippen molar-refractivity contribution in [3.8, 4) is 68.7 Å². The number of hydrogen-bond donors (Lipinski definition) is 0. The van der Waals surface area contributed by atoms with E-state index >= 15 is 0 Å². The van der Waals surface area contributed by atoms with Gasteiger partial charge in [0.1, 0.15) is 0 Å². The zero-order valence-electron chi connectivity index (χ0n) is 77.4. The van der Waals surface area contributed by atoms with Crippen molar-refractivity contribution in [1.29, 1.82) is 0 Å². The average Bonchev–Trinajstić information content (AvgIpc) is 1.62. The second-order valence-electron chi connectivity index (χ2n) is 34.8. The molecule has 0 radical (unpaired) electrons. The monoisotopic (exact) mass is 2370 g/mol. The van der Waals surface area contributed by atoms with E-state index in [1.807, 2.05) is 189 Å². The van der Waals surface area contributed by atoms with Gasteiger partial charge in [0.15, 0.2) is 0 Å². The quantitative estimate of drug-likeness (QED) is 0.0473. The van der Waals surface area contributed by atoms with Crippen LogP contribution >= 0.6 is 0 Å². The van der Waals surface area contributed by atoms with E-state index in [0.717, 1.165) is 180 Å². The largest absolute Gasteiger partial charge is 2.00 e. The predicted octanol–water partition coefficient (Wildman–Crippen LogP) is 31.4. The van der Waals surface area contributed by atoms with Crippen LogP contribution in [-0.2, 0) is 76.0 Å². The third kappa shape index (κ3) is 19.4. The van der Waals surface area contributed by atoms with E-state index in [1.54, 1.807) is 18.6 Å². The summed E-state index contributed by atoms with van der Waals surface area (Å²) in [7, 11) is 0.